The number of carbonyl (C=O) groups is 3. The van der Waals surface area contributed by atoms with Gasteiger partial charge in [0.25, 0.3) is 5.56 Å². The Bertz CT molecular complexity index is 2200. The van der Waals surface area contributed by atoms with Gasteiger partial charge in [-0.2, -0.15) is 9.69 Å². The Kier molecular flexibility index (Phi) is 9.66. The van der Waals surface area contributed by atoms with Crippen LogP contribution in [0.2, 0.25) is 0 Å². The van der Waals surface area contributed by atoms with E-state index in [2.05, 4.69) is 9.80 Å². The van der Waals surface area contributed by atoms with Gasteiger partial charge in [0.2, 0.25) is 17.7 Å². The predicted octanol–water partition coefficient (Wildman–Crippen LogP) is 2.83. The van der Waals surface area contributed by atoms with Gasteiger partial charge in [-0.3, -0.25) is 28.6 Å². The molecule has 3 amide bonds. The van der Waals surface area contributed by atoms with Crippen molar-refractivity contribution in [2.24, 2.45) is 14.1 Å². The number of hydrogen-bond acceptors (Lipinski definition) is 9. The van der Waals surface area contributed by atoms with Crippen molar-refractivity contribution in [1.82, 2.24) is 23.6 Å². The highest BCUT2D eigenvalue weighted by Gasteiger charge is 2.35. The molecule has 3 fully saturated rings. The third-order valence-electron chi connectivity index (χ3n) is 11.3. The van der Waals surface area contributed by atoms with Gasteiger partial charge in [0.1, 0.15) is 11.5 Å². The van der Waals surface area contributed by atoms with E-state index >= 15 is 0 Å². The van der Waals surface area contributed by atoms with Crippen molar-refractivity contribution in [2.75, 3.05) is 56.9 Å². The van der Waals surface area contributed by atoms with Gasteiger partial charge in [-0.15, -0.1) is 0 Å². The Morgan fingerprint density at radius 3 is 2.09 bits per heavy atom. The number of carbonyl (C=O) groups excluding carboxylic acids is 3. The first kappa shape index (κ1) is 36.0. The average molecular weight is 726 g/mol. The van der Waals surface area contributed by atoms with Crippen LogP contribution in [0, 0.1) is 13.8 Å². The number of amides is 3. The zero-order valence-corrected chi connectivity index (χ0v) is 31.3. The van der Waals surface area contributed by atoms with E-state index in [4.69, 9.17) is 9.47 Å². The van der Waals surface area contributed by atoms with Gasteiger partial charge >= 0.3 is 5.69 Å². The molecule has 4 aromatic rings. The second kappa shape index (κ2) is 14.2. The number of fused-ring (bicyclic) bond motifs is 1. The molecule has 14 heteroatoms. The number of ether oxygens (including phenoxy) is 2. The Morgan fingerprint density at radius 1 is 0.811 bits per heavy atom. The molecule has 0 radical (unpaired) electrons. The lowest BCUT2D eigenvalue weighted by Gasteiger charge is -2.43. The lowest BCUT2D eigenvalue weighted by atomic mass is 9.97. The zero-order chi connectivity index (χ0) is 37.7. The summed E-state index contributed by atoms with van der Waals surface area (Å²) in [5.41, 5.74) is 5.86. The molecule has 53 heavy (non-hydrogen) atoms. The molecular weight excluding hydrogens is 678 g/mol. The minimum absolute atomic E-state index is 0.0278. The van der Waals surface area contributed by atoms with Crippen LogP contribution in [0.25, 0.3) is 22.2 Å². The maximum atomic E-state index is 13.7. The van der Waals surface area contributed by atoms with Gasteiger partial charge < -0.3 is 23.8 Å². The molecular formula is C39H47N7O7. The van der Waals surface area contributed by atoms with Gasteiger partial charge in [0.05, 0.1) is 43.0 Å². The van der Waals surface area contributed by atoms with Crippen LogP contribution in [-0.2, 0) is 35.0 Å². The largest absolute Gasteiger partial charge is 0.496 e. The molecule has 280 valence electrons. The number of imidazole rings is 1. The van der Waals surface area contributed by atoms with E-state index in [-0.39, 0.29) is 48.7 Å². The summed E-state index contributed by atoms with van der Waals surface area (Å²) in [6.45, 7) is 7.21. The van der Waals surface area contributed by atoms with E-state index in [0.717, 1.165) is 45.8 Å². The third kappa shape index (κ3) is 6.28. The molecule has 0 aliphatic carbocycles. The van der Waals surface area contributed by atoms with Crippen molar-refractivity contribution >= 4 is 34.4 Å². The minimum Gasteiger partial charge on any atom is -0.496 e. The molecule has 2 aromatic heterocycles. The number of piperidine rings is 2. The molecule has 0 bridgehead atoms. The fraction of sp³-hybridized carbons (Fsp3) is 0.462. The van der Waals surface area contributed by atoms with Crippen LogP contribution < -0.4 is 30.6 Å². The fourth-order valence-corrected chi connectivity index (χ4v) is 8.25. The normalized spacial score (nSPS) is 17.7. The summed E-state index contributed by atoms with van der Waals surface area (Å²) >= 11 is 0. The molecule has 3 saturated heterocycles. The zero-order valence-electron chi connectivity index (χ0n) is 31.3. The van der Waals surface area contributed by atoms with Crippen LogP contribution in [0.5, 0.6) is 11.5 Å². The van der Waals surface area contributed by atoms with Crippen molar-refractivity contribution in [3.8, 4) is 22.6 Å². The highest BCUT2D eigenvalue weighted by molar-refractivity contribution is 6.11. The van der Waals surface area contributed by atoms with E-state index in [0.29, 0.717) is 67.2 Å². The number of aromatic nitrogens is 3. The second-order valence-electron chi connectivity index (χ2n) is 14.3. The molecule has 0 atom stereocenters. The minimum atomic E-state index is -0.435. The van der Waals surface area contributed by atoms with Crippen molar-refractivity contribution in [2.45, 2.75) is 58.5 Å². The monoisotopic (exact) mass is 725 g/mol. The van der Waals surface area contributed by atoms with E-state index in [1.807, 2.05) is 49.2 Å². The number of imide groups is 1. The smallest absolute Gasteiger partial charge is 0.348 e. The molecule has 3 aliphatic rings. The number of methoxy groups -OCH3 is 2. The molecule has 7 rings (SSSR count). The topological polar surface area (TPSA) is 132 Å². The van der Waals surface area contributed by atoms with E-state index in [9.17, 15) is 24.0 Å². The maximum absolute atomic E-state index is 13.7. The van der Waals surface area contributed by atoms with Crippen molar-refractivity contribution in [1.29, 1.82) is 0 Å². The van der Waals surface area contributed by atoms with Crippen LogP contribution >= 0.6 is 0 Å². The Morgan fingerprint density at radius 2 is 1.47 bits per heavy atom. The lowest BCUT2D eigenvalue weighted by molar-refractivity contribution is -0.139. The van der Waals surface area contributed by atoms with Gasteiger partial charge in [-0.05, 0) is 68.5 Å². The molecule has 0 spiro atoms. The molecule has 0 unspecified atom stereocenters. The number of anilines is 1. The molecule has 3 aliphatic heterocycles. The predicted molar refractivity (Wildman–Crippen MR) is 201 cm³/mol. The first-order valence-corrected chi connectivity index (χ1v) is 18.2. The summed E-state index contributed by atoms with van der Waals surface area (Å²) < 4.78 is 16.0. The Hall–Kier alpha value is -5.37. The Labute approximate surface area is 307 Å². The van der Waals surface area contributed by atoms with E-state index in [1.54, 1.807) is 38.9 Å². The van der Waals surface area contributed by atoms with Crippen molar-refractivity contribution in [3.05, 3.63) is 74.1 Å². The summed E-state index contributed by atoms with van der Waals surface area (Å²) in [5, 5.41) is 1.01. The van der Waals surface area contributed by atoms with Crippen molar-refractivity contribution in [3.63, 3.8) is 0 Å². The molecule has 2 aromatic carbocycles. The molecule has 0 saturated carbocycles. The highest BCUT2D eigenvalue weighted by atomic mass is 16.5. The number of hydrogen-bond donors (Lipinski definition) is 0. The number of pyridine rings is 1. The average Bonchev–Trinajstić information content (AvgIpc) is 3.41. The van der Waals surface area contributed by atoms with Gasteiger partial charge in [-0.1, -0.05) is 6.07 Å². The van der Waals surface area contributed by atoms with Crippen LogP contribution in [-0.4, -0.2) is 94.3 Å². The van der Waals surface area contributed by atoms with Crippen LogP contribution in [0.4, 0.5) is 5.69 Å². The van der Waals surface area contributed by atoms with E-state index in [1.165, 1.54) is 9.24 Å². The summed E-state index contributed by atoms with van der Waals surface area (Å²) in [6.07, 6.45) is 4.32. The number of benzene rings is 2. The summed E-state index contributed by atoms with van der Waals surface area (Å²) in [7, 11) is 6.67. The van der Waals surface area contributed by atoms with Gasteiger partial charge in [-0.25, -0.2) is 4.79 Å². The number of nitrogens with zero attached hydrogens (tertiary/aromatic N) is 7. The maximum Gasteiger partial charge on any atom is 0.348 e. The summed E-state index contributed by atoms with van der Waals surface area (Å²) in [5.74, 6) is 0.657. The number of rotatable bonds is 8. The van der Waals surface area contributed by atoms with Gasteiger partial charge in [0, 0.05) is 83.0 Å². The third-order valence-corrected chi connectivity index (χ3v) is 11.3. The molecule has 0 N–H and O–H groups in total. The first-order chi connectivity index (χ1) is 25.4. The standard InChI is InChI=1S/C39H47N7O7/c1-24-25(2)38(50)40(3)21-28(24)26-19-32(52-5)29(33(20-26)53-6)22-42-17-18-44(36(49)23-42)27-13-15-43(16-14-27)30-9-7-10-31-37(30)41(4)39(51)45(31)46-34(47)11-8-12-35(46)48/h7,9-10,19-21,27H,8,11-18,22-23H2,1-6H3. The number of para-hydroxylation sites is 1. The van der Waals surface area contributed by atoms with E-state index < -0.39 is 5.69 Å². The second-order valence-corrected chi connectivity index (χ2v) is 14.3. The van der Waals surface area contributed by atoms with Crippen LogP contribution in [0.1, 0.15) is 48.8 Å². The Balaban J connectivity index is 1.04. The SMILES string of the molecule is COc1cc(-c2cn(C)c(=O)c(C)c2C)cc(OC)c1CN1CCN(C2CCN(c3cccc4c3n(C)c(=O)n4N3C(=O)CCCC3=O)CC2)C(=O)C1. The molecule has 5 heterocycles. The summed E-state index contributed by atoms with van der Waals surface area (Å²) in [4.78, 5) is 71.4. The highest BCUT2D eigenvalue weighted by Crippen LogP contribution is 2.38. The van der Waals surface area contributed by atoms with Crippen LogP contribution in [0.3, 0.4) is 0 Å². The quantitative estimate of drug-likeness (QED) is 0.252. The number of aryl methyl sites for hydroxylation is 2. The first-order valence-electron chi connectivity index (χ1n) is 18.2. The number of piperazine rings is 1. The molecule has 14 nitrogen and oxygen atoms in total. The summed E-state index contributed by atoms with van der Waals surface area (Å²) in [6, 6.07) is 9.62. The van der Waals surface area contributed by atoms with Crippen LogP contribution in [0.15, 0.2) is 46.1 Å². The fourth-order valence-electron chi connectivity index (χ4n) is 8.25. The lowest BCUT2D eigenvalue weighted by Crippen LogP contribution is -2.56. The van der Waals surface area contributed by atoms with Crippen molar-refractivity contribution < 1.29 is 23.9 Å². The van der Waals surface area contributed by atoms with Gasteiger partial charge in [0.15, 0.2) is 0 Å².